The van der Waals surface area contributed by atoms with Gasteiger partial charge in [-0.05, 0) is 25.3 Å². The van der Waals surface area contributed by atoms with Crippen LogP contribution < -0.4 is 10.1 Å². The normalized spacial score (nSPS) is 23.5. The molecule has 0 spiro atoms. The zero-order chi connectivity index (χ0) is 11.1. The average molecular weight is 223 g/mol. The first-order chi connectivity index (χ1) is 7.13. The minimum atomic E-state index is -0.540. The Labute approximate surface area is 93.2 Å². The highest BCUT2D eigenvalue weighted by Crippen LogP contribution is 2.48. The molecule has 0 saturated heterocycles. The van der Waals surface area contributed by atoms with Crippen LogP contribution in [0.1, 0.15) is 12.5 Å². The van der Waals surface area contributed by atoms with Crippen LogP contribution in [0.2, 0.25) is 0 Å². The summed E-state index contributed by atoms with van der Waals surface area (Å²) in [5, 5.41) is 2.87. The van der Waals surface area contributed by atoms with Gasteiger partial charge >= 0.3 is 0 Å². The fourth-order valence-corrected chi connectivity index (χ4v) is 2.50. The highest BCUT2D eigenvalue weighted by atomic mass is 32.2. The van der Waals surface area contributed by atoms with Gasteiger partial charge in [-0.3, -0.25) is 4.79 Å². The molecule has 0 aliphatic carbocycles. The number of thioether (sulfide) groups is 1. The molecule has 0 aromatic heterocycles. The van der Waals surface area contributed by atoms with Crippen molar-refractivity contribution < 1.29 is 9.53 Å². The van der Waals surface area contributed by atoms with Gasteiger partial charge in [-0.25, -0.2) is 0 Å². The highest BCUT2D eigenvalue weighted by molar-refractivity contribution is 8.00. The number of benzene rings is 1. The Bertz CT molecular complexity index is 419. The van der Waals surface area contributed by atoms with Gasteiger partial charge in [0, 0.05) is 11.3 Å². The summed E-state index contributed by atoms with van der Waals surface area (Å²) in [6.45, 7) is 1.92. The van der Waals surface area contributed by atoms with Gasteiger partial charge < -0.3 is 10.1 Å². The number of carbonyl (C=O) groups excluding carboxylic acids is 1. The van der Waals surface area contributed by atoms with Crippen molar-refractivity contribution in [1.29, 1.82) is 0 Å². The fraction of sp³-hybridized carbons (Fsp3) is 0.364. The second-order valence-electron chi connectivity index (χ2n) is 3.57. The van der Waals surface area contributed by atoms with E-state index in [-0.39, 0.29) is 5.91 Å². The first-order valence-corrected chi connectivity index (χ1v) is 5.90. The van der Waals surface area contributed by atoms with Crippen molar-refractivity contribution in [3.63, 3.8) is 0 Å². The molecule has 1 atom stereocenters. The Balaban J connectivity index is 2.65. The molecule has 1 aliphatic heterocycles. The van der Waals surface area contributed by atoms with Crippen molar-refractivity contribution in [1.82, 2.24) is 0 Å². The lowest BCUT2D eigenvalue weighted by Gasteiger charge is -2.20. The third-order valence-electron chi connectivity index (χ3n) is 2.81. The standard InChI is InChI=1S/C11H13NO2S/c1-11(15-3)9-7(12-10(11)13)5-4-6-8(9)14-2/h4-6H,1-3H3,(H,12,13). The van der Waals surface area contributed by atoms with Crippen LogP contribution in [0.5, 0.6) is 5.75 Å². The van der Waals surface area contributed by atoms with Crippen molar-refractivity contribution in [2.24, 2.45) is 0 Å². The van der Waals surface area contributed by atoms with Gasteiger partial charge in [0.15, 0.2) is 0 Å². The molecule has 80 valence electrons. The van der Waals surface area contributed by atoms with E-state index >= 15 is 0 Å². The first-order valence-electron chi connectivity index (χ1n) is 4.67. The lowest BCUT2D eigenvalue weighted by Crippen LogP contribution is -2.27. The van der Waals surface area contributed by atoms with Crippen molar-refractivity contribution in [2.45, 2.75) is 11.7 Å². The topological polar surface area (TPSA) is 38.3 Å². The second kappa shape index (κ2) is 3.45. The van der Waals surface area contributed by atoms with Crippen LogP contribution in [-0.2, 0) is 9.54 Å². The predicted octanol–water partition coefficient (Wildman–Crippen LogP) is 2.23. The second-order valence-corrected chi connectivity index (χ2v) is 4.80. The maximum atomic E-state index is 11.9. The molecule has 0 radical (unpaired) electrons. The Hall–Kier alpha value is -1.16. The van der Waals surface area contributed by atoms with Gasteiger partial charge in [0.25, 0.3) is 0 Å². The van der Waals surface area contributed by atoms with Crippen LogP contribution in [0, 0.1) is 0 Å². The number of amides is 1. The summed E-state index contributed by atoms with van der Waals surface area (Å²) in [6.07, 6.45) is 1.93. The van der Waals surface area contributed by atoms with Gasteiger partial charge in [0.05, 0.1) is 7.11 Å². The summed E-state index contributed by atoms with van der Waals surface area (Å²) in [4.78, 5) is 11.9. The van der Waals surface area contributed by atoms with E-state index in [1.54, 1.807) is 7.11 Å². The molecular formula is C11H13NO2S. The molecule has 0 bridgehead atoms. The van der Waals surface area contributed by atoms with E-state index in [4.69, 9.17) is 4.74 Å². The summed E-state index contributed by atoms with van der Waals surface area (Å²) >= 11 is 1.52. The van der Waals surface area contributed by atoms with Crippen molar-refractivity contribution in [2.75, 3.05) is 18.7 Å². The Morgan fingerprint density at radius 1 is 1.47 bits per heavy atom. The summed E-state index contributed by atoms with van der Waals surface area (Å²) in [6, 6.07) is 5.66. The average Bonchev–Trinajstić information content (AvgIpc) is 2.52. The van der Waals surface area contributed by atoms with Crippen molar-refractivity contribution in [3.05, 3.63) is 23.8 Å². The molecule has 1 aliphatic rings. The van der Waals surface area contributed by atoms with Gasteiger partial charge in [-0.2, -0.15) is 0 Å². The fourth-order valence-electron chi connectivity index (χ4n) is 1.85. The molecule has 1 N–H and O–H groups in total. The lowest BCUT2D eigenvalue weighted by atomic mass is 10.0. The molecule has 1 amide bonds. The molecule has 15 heavy (non-hydrogen) atoms. The van der Waals surface area contributed by atoms with Crippen LogP contribution in [0.15, 0.2) is 18.2 Å². The molecule has 3 nitrogen and oxygen atoms in total. The minimum Gasteiger partial charge on any atom is -0.496 e. The minimum absolute atomic E-state index is 0.0227. The van der Waals surface area contributed by atoms with Crippen LogP contribution >= 0.6 is 11.8 Å². The third kappa shape index (κ3) is 1.32. The van der Waals surface area contributed by atoms with Crippen LogP contribution in [0.3, 0.4) is 0 Å². The molecular weight excluding hydrogens is 210 g/mol. The monoisotopic (exact) mass is 223 g/mol. The number of nitrogens with one attached hydrogen (secondary N) is 1. The van der Waals surface area contributed by atoms with Crippen LogP contribution in [0.25, 0.3) is 0 Å². The number of hydrogen-bond donors (Lipinski definition) is 1. The SMILES string of the molecule is COc1cccc2c1C(C)(SC)C(=O)N2. The lowest BCUT2D eigenvalue weighted by molar-refractivity contribution is -0.117. The van der Waals surface area contributed by atoms with Gasteiger partial charge in [-0.15, -0.1) is 11.8 Å². The van der Waals surface area contributed by atoms with Gasteiger partial charge in [0.1, 0.15) is 10.5 Å². The third-order valence-corrected chi connectivity index (χ3v) is 4.02. The number of hydrogen-bond acceptors (Lipinski definition) is 3. The molecule has 0 saturated carbocycles. The molecule has 1 aromatic rings. The van der Waals surface area contributed by atoms with Gasteiger partial charge in [0.2, 0.25) is 5.91 Å². The highest BCUT2D eigenvalue weighted by Gasteiger charge is 2.44. The van der Waals surface area contributed by atoms with Crippen LogP contribution in [0.4, 0.5) is 5.69 Å². The molecule has 4 heteroatoms. The van der Waals surface area contributed by atoms with E-state index in [0.29, 0.717) is 0 Å². The number of methoxy groups -OCH3 is 1. The maximum absolute atomic E-state index is 11.9. The molecule has 1 unspecified atom stereocenters. The zero-order valence-corrected chi connectivity index (χ0v) is 9.77. The number of ether oxygens (including phenoxy) is 1. The number of carbonyl (C=O) groups is 1. The first kappa shape index (κ1) is 10.4. The molecule has 1 heterocycles. The Morgan fingerprint density at radius 3 is 2.80 bits per heavy atom. The van der Waals surface area contributed by atoms with Crippen molar-refractivity contribution >= 4 is 23.4 Å². The summed E-state index contributed by atoms with van der Waals surface area (Å²) in [5.41, 5.74) is 1.81. The Kier molecular flexibility index (Phi) is 2.38. The number of rotatable bonds is 2. The van der Waals surface area contributed by atoms with Gasteiger partial charge in [-0.1, -0.05) is 6.07 Å². The van der Waals surface area contributed by atoms with E-state index in [2.05, 4.69) is 5.32 Å². The Morgan fingerprint density at radius 2 is 2.20 bits per heavy atom. The molecule has 1 aromatic carbocycles. The maximum Gasteiger partial charge on any atom is 0.245 e. The van der Waals surface area contributed by atoms with E-state index in [1.165, 1.54) is 11.8 Å². The zero-order valence-electron chi connectivity index (χ0n) is 8.96. The van der Waals surface area contributed by atoms with Crippen LogP contribution in [-0.4, -0.2) is 19.3 Å². The molecule has 0 fully saturated rings. The summed E-state index contributed by atoms with van der Waals surface area (Å²) in [7, 11) is 1.62. The summed E-state index contributed by atoms with van der Waals surface area (Å²) < 4.78 is 4.76. The number of fused-ring (bicyclic) bond motifs is 1. The van der Waals surface area contributed by atoms with E-state index < -0.39 is 4.75 Å². The smallest absolute Gasteiger partial charge is 0.245 e. The van der Waals surface area contributed by atoms with E-state index in [0.717, 1.165) is 17.0 Å². The quantitative estimate of drug-likeness (QED) is 0.835. The van der Waals surface area contributed by atoms with E-state index in [9.17, 15) is 4.79 Å². The largest absolute Gasteiger partial charge is 0.496 e. The molecule has 2 rings (SSSR count). The number of anilines is 1. The predicted molar refractivity (Wildman–Crippen MR) is 62.5 cm³/mol. The van der Waals surface area contributed by atoms with E-state index in [1.807, 2.05) is 31.4 Å². The van der Waals surface area contributed by atoms with Crippen molar-refractivity contribution in [3.8, 4) is 5.75 Å². The summed E-state index contributed by atoms with van der Waals surface area (Å²) in [5.74, 6) is 0.789.